The van der Waals surface area contributed by atoms with E-state index < -0.39 is 6.10 Å². The molecule has 0 bridgehead atoms. The molecule has 2 aromatic carbocycles. The molecule has 1 heterocycles. The van der Waals surface area contributed by atoms with Gasteiger partial charge in [-0.1, -0.05) is 60.5 Å². The highest BCUT2D eigenvalue weighted by Gasteiger charge is 2.28. The molecule has 2 atom stereocenters. The van der Waals surface area contributed by atoms with Gasteiger partial charge in [0.15, 0.2) is 0 Å². The molecule has 2 nitrogen and oxygen atoms in total. The normalized spacial score (nSPS) is 21.2. The van der Waals surface area contributed by atoms with Gasteiger partial charge in [0.05, 0.1) is 6.10 Å². The van der Waals surface area contributed by atoms with E-state index in [1.165, 1.54) is 49.7 Å². The maximum atomic E-state index is 10.8. The monoisotopic (exact) mass is 377 g/mol. The van der Waals surface area contributed by atoms with Gasteiger partial charge in [-0.3, -0.25) is 4.90 Å². The van der Waals surface area contributed by atoms with Crippen LogP contribution in [0.4, 0.5) is 0 Å². The van der Waals surface area contributed by atoms with Crippen LogP contribution in [0.2, 0.25) is 0 Å². The molecule has 1 aliphatic heterocycles. The van der Waals surface area contributed by atoms with E-state index in [0.717, 1.165) is 30.5 Å². The summed E-state index contributed by atoms with van der Waals surface area (Å²) in [5.74, 6) is 1.60. The van der Waals surface area contributed by atoms with Crippen LogP contribution in [0.5, 0.6) is 0 Å². The Morgan fingerprint density at radius 3 is 2.36 bits per heavy atom. The van der Waals surface area contributed by atoms with Crippen LogP contribution in [-0.4, -0.2) is 29.1 Å². The fourth-order valence-electron chi connectivity index (χ4n) is 4.86. The lowest BCUT2D eigenvalue weighted by Crippen LogP contribution is -2.43. The van der Waals surface area contributed by atoms with Crippen LogP contribution in [0.3, 0.4) is 0 Å². The minimum Gasteiger partial charge on any atom is -0.387 e. The van der Waals surface area contributed by atoms with Gasteiger partial charge in [-0.15, -0.1) is 0 Å². The highest BCUT2D eigenvalue weighted by molar-refractivity contribution is 5.28. The van der Waals surface area contributed by atoms with Gasteiger partial charge in [-0.25, -0.2) is 0 Å². The molecule has 0 amide bonds. The predicted octanol–water partition coefficient (Wildman–Crippen LogP) is 5.64. The molecule has 0 radical (unpaired) electrons. The number of aryl methyl sites for hydroxylation is 1. The zero-order valence-corrected chi connectivity index (χ0v) is 17.5. The highest BCUT2D eigenvalue weighted by Crippen LogP contribution is 2.37. The first kappa shape index (κ1) is 19.7. The lowest BCUT2D eigenvalue weighted by atomic mass is 9.79. The summed E-state index contributed by atoms with van der Waals surface area (Å²) in [6.07, 6.45) is 7.43. The summed E-state index contributed by atoms with van der Waals surface area (Å²) in [5, 5.41) is 10.8. The number of benzene rings is 2. The molecule has 1 N–H and O–H groups in total. The zero-order valence-electron chi connectivity index (χ0n) is 17.5. The van der Waals surface area contributed by atoms with Crippen LogP contribution in [0, 0.1) is 12.8 Å². The lowest BCUT2D eigenvalue weighted by molar-refractivity contribution is 0.0373. The summed E-state index contributed by atoms with van der Waals surface area (Å²) in [4.78, 5) is 2.48. The molecule has 2 unspecified atom stereocenters. The number of aliphatic hydroxyl groups excluding tert-OH is 1. The summed E-state index contributed by atoms with van der Waals surface area (Å²) in [5.41, 5.74) is 5.37. The Labute approximate surface area is 170 Å². The van der Waals surface area contributed by atoms with Crippen molar-refractivity contribution in [3.05, 3.63) is 70.8 Å². The molecular weight excluding hydrogens is 342 g/mol. The summed E-state index contributed by atoms with van der Waals surface area (Å²) < 4.78 is 0. The quantitative estimate of drug-likeness (QED) is 0.704. The Morgan fingerprint density at radius 2 is 1.71 bits per heavy atom. The Hall–Kier alpha value is -1.64. The summed E-state index contributed by atoms with van der Waals surface area (Å²) in [7, 11) is 0. The number of rotatable bonds is 6. The molecule has 150 valence electrons. The average molecular weight is 378 g/mol. The van der Waals surface area contributed by atoms with E-state index in [0.29, 0.717) is 0 Å². The van der Waals surface area contributed by atoms with Gasteiger partial charge in [-0.05, 0) is 87.6 Å². The molecule has 28 heavy (non-hydrogen) atoms. The van der Waals surface area contributed by atoms with Crippen LogP contribution >= 0.6 is 0 Å². The molecule has 2 heteroatoms. The lowest BCUT2D eigenvalue weighted by Gasteiger charge is -2.38. The van der Waals surface area contributed by atoms with E-state index >= 15 is 0 Å². The van der Waals surface area contributed by atoms with Crippen LogP contribution in [0.15, 0.2) is 48.5 Å². The van der Waals surface area contributed by atoms with Gasteiger partial charge >= 0.3 is 0 Å². The van der Waals surface area contributed by atoms with E-state index in [-0.39, 0.29) is 6.04 Å². The standard InChI is InChI=1S/C26H35NO/c1-19-9-11-24(12-10-19)26(28)20(2)27-15-13-21(14-16-27)17-22-5-3-8-25(18-22)23-6-4-7-23/h3,5,8-12,18,20-21,23,26,28H,4,6-7,13-17H2,1-2H3. The van der Waals surface area contributed by atoms with Gasteiger partial charge in [0.2, 0.25) is 0 Å². The van der Waals surface area contributed by atoms with Crippen molar-refractivity contribution in [2.75, 3.05) is 13.1 Å². The minimum absolute atomic E-state index is 0.172. The number of piperidine rings is 1. The molecule has 2 fully saturated rings. The van der Waals surface area contributed by atoms with Crippen molar-refractivity contribution in [3.63, 3.8) is 0 Å². The zero-order chi connectivity index (χ0) is 19.5. The number of likely N-dealkylation sites (tertiary alicyclic amines) is 1. The smallest absolute Gasteiger partial charge is 0.0942 e. The minimum atomic E-state index is -0.406. The molecule has 1 saturated carbocycles. The third kappa shape index (κ3) is 4.50. The van der Waals surface area contributed by atoms with Gasteiger partial charge < -0.3 is 5.11 Å². The first-order valence-electron chi connectivity index (χ1n) is 11.2. The predicted molar refractivity (Wildman–Crippen MR) is 117 cm³/mol. The summed E-state index contributed by atoms with van der Waals surface area (Å²) in [6.45, 7) is 6.45. The van der Waals surface area contributed by atoms with Gasteiger partial charge in [0.1, 0.15) is 0 Å². The van der Waals surface area contributed by atoms with Crippen molar-refractivity contribution < 1.29 is 5.11 Å². The van der Waals surface area contributed by atoms with Gasteiger partial charge in [-0.2, -0.15) is 0 Å². The van der Waals surface area contributed by atoms with Crippen LogP contribution in [0.25, 0.3) is 0 Å². The summed E-state index contributed by atoms with van der Waals surface area (Å²) in [6, 6.07) is 17.9. The van der Waals surface area contributed by atoms with Crippen molar-refractivity contribution in [1.29, 1.82) is 0 Å². The number of hydrogen-bond acceptors (Lipinski definition) is 2. The number of hydrogen-bond donors (Lipinski definition) is 1. The van der Waals surface area contributed by atoms with Crippen molar-refractivity contribution in [3.8, 4) is 0 Å². The van der Waals surface area contributed by atoms with E-state index in [9.17, 15) is 5.11 Å². The molecular formula is C26H35NO. The number of aliphatic hydroxyl groups is 1. The topological polar surface area (TPSA) is 23.5 Å². The molecule has 2 aliphatic rings. The first-order chi connectivity index (χ1) is 13.6. The summed E-state index contributed by atoms with van der Waals surface area (Å²) >= 11 is 0. The van der Waals surface area contributed by atoms with Crippen LogP contribution in [0.1, 0.15) is 73.3 Å². The van der Waals surface area contributed by atoms with Gasteiger partial charge in [0.25, 0.3) is 0 Å². The Balaban J connectivity index is 1.30. The van der Waals surface area contributed by atoms with Gasteiger partial charge in [0, 0.05) is 6.04 Å². The van der Waals surface area contributed by atoms with Crippen molar-refractivity contribution >= 4 is 0 Å². The maximum absolute atomic E-state index is 10.8. The third-order valence-corrected chi connectivity index (χ3v) is 7.15. The van der Waals surface area contributed by atoms with E-state index in [1.54, 1.807) is 5.56 Å². The fraction of sp³-hybridized carbons (Fsp3) is 0.538. The molecule has 4 rings (SSSR count). The second kappa shape index (κ2) is 8.80. The first-order valence-corrected chi connectivity index (χ1v) is 11.2. The Bertz CT molecular complexity index is 756. The van der Waals surface area contributed by atoms with E-state index in [4.69, 9.17) is 0 Å². The fourth-order valence-corrected chi connectivity index (χ4v) is 4.86. The largest absolute Gasteiger partial charge is 0.387 e. The molecule has 1 aliphatic carbocycles. The number of nitrogens with zero attached hydrogens (tertiary/aromatic N) is 1. The van der Waals surface area contributed by atoms with Crippen molar-refractivity contribution in [2.45, 2.75) is 70.4 Å². The molecule has 0 aromatic heterocycles. The third-order valence-electron chi connectivity index (χ3n) is 7.15. The Morgan fingerprint density at radius 1 is 1.00 bits per heavy atom. The van der Waals surface area contributed by atoms with E-state index in [1.807, 2.05) is 0 Å². The molecule has 2 aromatic rings. The van der Waals surface area contributed by atoms with Crippen molar-refractivity contribution in [2.24, 2.45) is 5.92 Å². The van der Waals surface area contributed by atoms with Crippen LogP contribution < -0.4 is 0 Å². The second-order valence-corrected chi connectivity index (χ2v) is 9.15. The highest BCUT2D eigenvalue weighted by atomic mass is 16.3. The van der Waals surface area contributed by atoms with E-state index in [2.05, 4.69) is 67.3 Å². The molecule has 0 spiro atoms. The van der Waals surface area contributed by atoms with Crippen molar-refractivity contribution in [1.82, 2.24) is 4.90 Å². The average Bonchev–Trinajstić information content (AvgIpc) is 2.67. The maximum Gasteiger partial charge on any atom is 0.0942 e. The van der Waals surface area contributed by atoms with Crippen LogP contribution in [-0.2, 0) is 6.42 Å². The Kier molecular flexibility index (Phi) is 6.18. The molecule has 1 saturated heterocycles. The SMILES string of the molecule is Cc1ccc(C(O)C(C)N2CCC(Cc3cccc(C4CCC4)c3)CC2)cc1. The second-order valence-electron chi connectivity index (χ2n) is 9.15.